The van der Waals surface area contributed by atoms with Gasteiger partial charge in [0.15, 0.2) is 0 Å². The normalized spacial score (nSPS) is 21.4. The average Bonchev–Trinajstić information content (AvgIpc) is 4.07. The predicted molar refractivity (Wildman–Crippen MR) is 216 cm³/mol. The highest BCUT2D eigenvalue weighted by Gasteiger charge is 2.43. The number of rotatable bonds is 10. The Morgan fingerprint density at radius 1 is 0.650 bits per heavy atom. The molecule has 6 heterocycles. The lowest BCUT2D eigenvalue weighted by Crippen LogP contribution is -2.53. The van der Waals surface area contributed by atoms with Crippen molar-refractivity contribution in [3.8, 4) is 45.1 Å². The Bertz CT molecular complexity index is 2140. The molecule has 10 rings (SSSR count). The molecule has 4 aliphatic heterocycles. The van der Waals surface area contributed by atoms with Gasteiger partial charge in [0.2, 0.25) is 11.8 Å². The van der Waals surface area contributed by atoms with Crippen molar-refractivity contribution in [3.63, 3.8) is 0 Å². The number of alkyl carbamates (subject to hydrolysis) is 2. The van der Waals surface area contributed by atoms with E-state index in [4.69, 9.17) is 28.9 Å². The number of nitrogens with one attached hydrogen (secondary N) is 4. The predicted octanol–water partition coefficient (Wildman–Crippen LogP) is 6.30. The lowest BCUT2D eigenvalue weighted by atomic mass is 9.79. The third-order valence-electron chi connectivity index (χ3n) is 13.6. The van der Waals surface area contributed by atoms with Gasteiger partial charge >= 0.3 is 12.2 Å². The lowest BCUT2D eigenvalue weighted by Gasteiger charge is -2.36. The first kappa shape index (κ1) is 38.2. The average molecular weight is 819 g/mol. The summed E-state index contributed by atoms with van der Waals surface area (Å²) in [7, 11) is 2.63. The number of imidazole rings is 2. The molecule has 4 atom stereocenters. The Hall–Kier alpha value is -6.06. The Morgan fingerprint density at radius 2 is 1.08 bits per heavy atom. The zero-order valence-electron chi connectivity index (χ0n) is 33.9. The maximum absolute atomic E-state index is 13.9. The van der Waals surface area contributed by atoms with Crippen molar-refractivity contribution in [1.29, 1.82) is 0 Å². The number of likely N-dealkylation sites (tertiary alicyclic amines) is 2. The molecule has 4 fully saturated rings. The topological polar surface area (TPSA) is 193 Å². The van der Waals surface area contributed by atoms with Gasteiger partial charge in [0.25, 0.3) is 0 Å². The van der Waals surface area contributed by atoms with Gasteiger partial charge in [0.05, 0.1) is 50.1 Å². The maximum atomic E-state index is 13.9. The SMILES string of the molecule is COC(=O)N[C@H](C(=O)N1CCC[C@H]1c1ncc(-c2cc3c4c(c2)OCc2cc(-c5cnc([C@@H]6CCCN6C(=O)[C@@H](NC(=O)OC)C6CCC6)[nH]5)cc(c2-4)OC3)[nH]1)C1CCC1. The van der Waals surface area contributed by atoms with Gasteiger partial charge in [-0.2, -0.15) is 0 Å². The molecule has 4 amide bonds. The first-order chi connectivity index (χ1) is 29.3. The van der Waals surface area contributed by atoms with Gasteiger partial charge in [-0.15, -0.1) is 0 Å². The number of ether oxygens (including phenoxy) is 4. The third kappa shape index (κ3) is 6.69. The first-order valence-electron chi connectivity index (χ1n) is 21.3. The molecule has 16 nitrogen and oxygen atoms in total. The highest BCUT2D eigenvalue weighted by molar-refractivity contribution is 5.89. The summed E-state index contributed by atoms with van der Waals surface area (Å²) in [6.45, 7) is 1.91. The van der Waals surface area contributed by atoms with E-state index in [0.29, 0.717) is 38.0 Å². The van der Waals surface area contributed by atoms with Gasteiger partial charge in [-0.25, -0.2) is 19.6 Å². The fraction of sp³-hybridized carbons (Fsp3) is 0.500. The molecule has 16 heteroatoms. The summed E-state index contributed by atoms with van der Waals surface area (Å²) < 4.78 is 22.6. The molecule has 2 saturated carbocycles. The van der Waals surface area contributed by atoms with Crippen LogP contribution in [0.5, 0.6) is 11.5 Å². The molecule has 6 aliphatic rings. The molecular weight excluding hydrogens is 769 g/mol. The Labute approximate surface area is 347 Å². The Kier molecular flexibility index (Phi) is 9.87. The quantitative estimate of drug-likeness (QED) is 0.141. The number of amides is 4. The second-order valence-corrected chi connectivity index (χ2v) is 16.9. The second-order valence-electron chi connectivity index (χ2n) is 16.9. The number of H-pyrrole nitrogens is 2. The fourth-order valence-electron chi connectivity index (χ4n) is 9.96. The Morgan fingerprint density at radius 3 is 1.47 bits per heavy atom. The van der Waals surface area contributed by atoms with E-state index in [0.717, 1.165) is 120 Å². The summed E-state index contributed by atoms with van der Waals surface area (Å²) >= 11 is 0. The fourth-order valence-corrected chi connectivity index (χ4v) is 9.96. The van der Waals surface area contributed by atoms with Crippen molar-refractivity contribution in [2.24, 2.45) is 11.8 Å². The van der Waals surface area contributed by atoms with Gasteiger partial charge in [0, 0.05) is 46.5 Å². The molecule has 0 radical (unpaired) electrons. The van der Waals surface area contributed by atoms with Crippen molar-refractivity contribution in [3.05, 3.63) is 59.4 Å². The largest absolute Gasteiger partial charge is 0.488 e. The standard InChI is InChI=1S/C44H50N8O8/c1-57-43(55)49-37(23-7-3-8-23)41(53)51-13-5-11-31(51)39-45-19-29(47-39)25-15-27-21-60-34-18-26(16-28-22-59-33(17-25)35(27)36(28)34)30-20-46-40(48-30)32-12-6-14-52(32)42(54)38(24-9-4-10-24)50-44(56)58-2/h15-20,23-24,31-32,37-38H,3-14,21-22H2,1-2H3,(H,45,47)(H,46,48)(H,49,55)(H,50,56)/t31-,32-,37-,38-/m0/s1. The van der Waals surface area contributed by atoms with E-state index in [1.54, 1.807) is 0 Å². The van der Waals surface area contributed by atoms with Crippen LogP contribution in [0.15, 0.2) is 36.7 Å². The minimum absolute atomic E-state index is 0.0872. The number of carbonyl (C=O) groups excluding carboxylic acids is 4. The molecular formula is C44H50N8O8. The zero-order chi connectivity index (χ0) is 41.1. The van der Waals surface area contributed by atoms with Gasteiger partial charge < -0.3 is 49.3 Å². The minimum atomic E-state index is -0.610. The van der Waals surface area contributed by atoms with Gasteiger partial charge in [-0.1, -0.05) is 12.8 Å². The number of carbonyl (C=O) groups is 4. The monoisotopic (exact) mass is 818 g/mol. The molecule has 60 heavy (non-hydrogen) atoms. The van der Waals surface area contributed by atoms with Crippen LogP contribution in [0.4, 0.5) is 9.59 Å². The number of aromatic nitrogens is 4. The minimum Gasteiger partial charge on any atom is -0.488 e. The number of aromatic amines is 2. The smallest absolute Gasteiger partial charge is 0.407 e. The lowest BCUT2D eigenvalue weighted by molar-refractivity contribution is -0.137. The van der Waals surface area contributed by atoms with Crippen molar-refractivity contribution in [2.45, 2.75) is 102 Å². The second kappa shape index (κ2) is 15.5. The molecule has 4 N–H and O–H groups in total. The van der Waals surface area contributed by atoms with Crippen molar-refractivity contribution in [1.82, 2.24) is 40.4 Å². The molecule has 0 unspecified atom stereocenters. The van der Waals surface area contributed by atoms with Crippen LogP contribution in [-0.2, 0) is 32.3 Å². The van der Waals surface area contributed by atoms with E-state index in [2.05, 4.69) is 32.7 Å². The van der Waals surface area contributed by atoms with Crippen molar-refractivity contribution < 1.29 is 38.1 Å². The Balaban J connectivity index is 0.871. The summed E-state index contributed by atoms with van der Waals surface area (Å²) in [5.74, 6) is 3.02. The van der Waals surface area contributed by atoms with Gasteiger partial charge in [0.1, 0.15) is 48.4 Å². The van der Waals surface area contributed by atoms with E-state index < -0.39 is 24.3 Å². The van der Waals surface area contributed by atoms with E-state index in [9.17, 15) is 19.2 Å². The number of methoxy groups -OCH3 is 2. The van der Waals surface area contributed by atoms with Crippen molar-refractivity contribution in [2.75, 3.05) is 27.3 Å². The highest BCUT2D eigenvalue weighted by atomic mass is 16.5. The van der Waals surface area contributed by atoms with E-state index >= 15 is 0 Å². The van der Waals surface area contributed by atoms with Crippen LogP contribution >= 0.6 is 0 Å². The van der Waals surface area contributed by atoms with Crippen LogP contribution in [0.1, 0.15) is 99.1 Å². The van der Waals surface area contributed by atoms with Gasteiger partial charge in [-0.3, -0.25) is 9.59 Å². The number of hydrogen-bond acceptors (Lipinski definition) is 10. The van der Waals surface area contributed by atoms with E-state index in [1.807, 2.05) is 34.3 Å². The summed E-state index contributed by atoms with van der Waals surface area (Å²) in [5.41, 5.74) is 7.51. The highest BCUT2D eigenvalue weighted by Crippen LogP contribution is 2.51. The van der Waals surface area contributed by atoms with Crippen LogP contribution in [0.2, 0.25) is 0 Å². The van der Waals surface area contributed by atoms with Crippen LogP contribution < -0.4 is 20.1 Å². The molecule has 2 aliphatic carbocycles. The van der Waals surface area contributed by atoms with Crippen LogP contribution in [0.25, 0.3) is 33.6 Å². The van der Waals surface area contributed by atoms with Crippen LogP contribution in [0, 0.1) is 11.8 Å². The third-order valence-corrected chi connectivity index (χ3v) is 13.6. The van der Waals surface area contributed by atoms with Gasteiger partial charge in [-0.05, 0) is 87.5 Å². The maximum Gasteiger partial charge on any atom is 0.407 e. The molecule has 4 aromatic rings. The molecule has 2 saturated heterocycles. The van der Waals surface area contributed by atoms with Crippen LogP contribution in [0.3, 0.4) is 0 Å². The molecule has 2 aromatic heterocycles. The molecule has 0 spiro atoms. The summed E-state index contributed by atoms with van der Waals surface area (Å²) in [6.07, 6.45) is 11.4. The van der Waals surface area contributed by atoms with E-state index in [-0.39, 0.29) is 35.7 Å². The molecule has 314 valence electrons. The first-order valence-corrected chi connectivity index (χ1v) is 21.3. The summed E-state index contributed by atoms with van der Waals surface area (Å²) in [5, 5.41) is 5.61. The number of benzene rings is 2. The van der Waals surface area contributed by atoms with Crippen LogP contribution in [-0.4, -0.2) is 93.1 Å². The van der Waals surface area contributed by atoms with E-state index in [1.165, 1.54) is 14.2 Å². The molecule has 2 aromatic carbocycles. The zero-order valence-corrected chi connectivity index (χ0v) is 33.9. The van der Waals surface area contributed by atoms with Crippen molar-refractivity contribution >= 4 is 24.0 Å². The molecule has 0 bridgehead atoms. The number of nitrogens with zero attached hydrogens (tertiary/aromatic N) is 4. The number of hydrogen-bond donors (Lipinski definition) is 4. The summed E-state index contributed by atoms with van der Waals surface area (Å²) in [4.78, 5) is 72.3. The summed E-state index contributed by atoms with van der Waals surface area (Å²) in [6, 6.07) is 6.64.